The van der Waals surface area contributed by atoms with Gasteiger partial charge in [0.25, 0.3) is 5.91 Å². The van der Waals surface area contributed by atoms with Gasteiger partial charge in [0.2, 0.25) is 11.8 Å². The molecule has 1 atom stereocenters. The summed E-state index contributed by atoms with van der Waals surface area (Å²) in [6, 6.07) is 29.5. The molecule has 15 heteroatoms. The van der Waals surface area contributed by atoms with Crippen LogP contribution in [-0.2, 0) is 36.0 Å². The van der Waals surface area contributed by atoms with E-state index in [0.29, 0.717) is 67.0 Å². The van der Waals surface area contributed by atoms with E-state index in [1.807, 2.05) is 96.3 Å². The molecule has 3 aromatic heterocycles. The Hall–Kier alpha value is -6.97. The fraction of sp³-hybridized carbons (Fsp3) is 0.364. The number of hydrogen-bond donors (Lipinski definition) is 3. The zero-order valence-corrected chi connectivity index (χ0v) is 40.5. The maximum atomic E-state index is 13.6. The van der Waals surface area contributed by atoms with E-state index in [2.05, 4.69) is 38.7 Å². The number of amides is 3. The maximum absolute atomic E-state index is 13.6. The number of ether oxygens (including phenoxy) is 1. The van der Waals surface area contributed by atoms with E-state index in [-0.39, 0.29) is 23.4 Å². The molecule has 2 fully saturated rings. The van der Waals surface area contributed by atoms with Crippen LogP contribution < -0.4 is 20.3 Å². The second-order valence-electron chi connectivity index (χ2n) is 19.0. The van der Waals surface area contributed by atoms with Crippen molar-refractivity contribution < 1.29 is 29.0 Å². The number of carbonyl (C=O) groups is 4. The molecule has 70 heavy (non-hydrogen) atoms. The zero-order chi connectivity index (χ0) is 48.3. The molecule has 3 amide bonds. The smallest absolute Gasteiger partial charge is 0.355 e. The molecule has 3 aliphatic heterocycles. The summed E-state index contributed by atoms with van der Waals surface area (Å²) in [5, 5.41) is 22.2. The number of anilines is 2. The van der Waals surface area contributed by atoms with Gasteiger partial charge in [-0.25, -0.2) is 14.8 Å². The van der Waals surface area contributed by atoms with Crippen molar-refractivity contribution in [3.05, 3.63) is 130 Å². The quantitative estimate of drug-likeness (QED) is 0.0623. The third-order valence-electron chi connectivity index (χ3n) is 14.4. The second kappa shape index (κ2) is 20.6. The summed E-state index contributed by atoms with van der Waals surface area (Å²) in [4.78, 5) is 64.6. The molecular formula is C55H58N8O6S. The molecular weight excluding hydrogens is 901 g/mol. The first-order chi connectivity index (χ1) is 34.1. The predicted molar refractivity (Wildman–Crippen MR) is 273 cm³/mol. The Balaban J connectivity index is 0.687. The van der Waals surface area contributed by atoms with E-state index in [1.54, 1.807) is 0 Å². The lowest BCUT2D eigenvalue weighted by Crippen LogP contribution is -2.39. The molecule has 0 spiro atoms. The van der Waals surface area contributed by atoms with Gasteiger partial charge in [0.15, 0.2) is 10.8 Å². The number of likely N-dealkylation sites (tertiary alicyclic amines) is 1. The lowest BCUT2D eigenvalue weighted by molar-refractivity contribution is -0.134. The van der Waals surface area contributed by atoms with Crippen LogP contribution in [0.15, 0.2) is 91.0 Å². The average Bonchev–Trinajstić information content (AvgIpc) is 3.93. The third-order valence-corrected chi connectivity index (χ3v) is 15.4. The van der Waals surface area contributed by atoms with Gasteiger partial charge in [-0.3, -0.25) is 29.7 Å². The first-order valence-electron chi connectivity index (χ1n) is 24.6. The number of nitrogens with one attached hydrogen (secondary N) is 2. The number of nitrogens with zero attached hydrogens (tertiary/aromatic N) is 6. The summed E-state index contributed by atoms with van der Waals surface area (Å²) in [6.07, 6.45) is 9.19. The van der Waals surface area contributed by atoms with Crippen molar-refractivity contribution in [2.75, 3.05) is 43.0 Å². The van der Waals surface area contributed by atoms with Gasteiger partial charge in [-0.05, 0) is 161 Å². The fourth-order valence-corrected chi connectivity index (χ4v) is 11.4. The van der Waals surface area contributed by atoms with E-state index in [0.717, 1.165) is 107 Å². The Labute approximate surface area is 411 Å². The third kappa shape index (κ3) is 10.0. The summed E-state index contributed by atoms with van der Waals surface area (Å²) in [5.41, 5.74) is 8.59. The van der Waals surface area contributed by atoms with Crippen molar-refractivity contribution in [2.24, 2.45) is 13.0 Å². The SMILES string of the molecule is Cc1c(OCCCC2CCN(CCCCc3ccc4c(C5CCC(=O)NC5=O)nn(C)c4c3)CC2)cccc1-c1ccc(N2CCc3cccc(C(=O)Nc4nc5ccccc5s4)c3C2)nc1C(=O)O. The summed E-state index contributed by atoms with van der Waals surface area (Å²) < 4.78 is 9.22. The number of aromatic carboxylic acids is 1. The molecule has 360 valence electrons. The van der Waals surface area contributed by atoms with Crippen LogP contribution in [-0.4, -0.2) is 86.2 Å². The largest absolute Gasteiger partial charge is 0.493 e. The lowest BCUT2D eigenvalue weighted by Gasteiger charge is -2.32. The number of carbonyl (C=O) groups excluding carboxylic acids is 3. The number of hydrogen-bond acceptors (Lipinski definition) is 11. The van der Waals surface area contributed by atoms with Crippen LogP contribution in [0.25, 0.3) is 32.2 Å². The number of pyridine rings is 1. The molecule has 6 heterocycles. The van der Waals surface area contributed by atoms with Crippen LogP contribution in [0.1, 0.15) is 106 Å². The molecule has 0 saturated carbocycles. The van der Waals surface area contributed by atoms with Gasteiger partial charge < -0.3 is 19.6 Å². The second-order valence-corrected chi connectivity index (χ2v) is 20.0. The van der Waals surface area contributed by atoms with Gasteiger partial charge in [0.05, 0.1) is 34.0 Å². The number of piperidine rings is 2. The van der Waals surface area contributed by atoms with Crippen LogP contribution in [0.4, 0.5) is 10.9 Å². The van der Waals surface area contributed by atoms with E-state index < -0.39 is 11.9 Å². The first kappa shape index (κ1) is 46.7. The van der Waals surface area contributed by atoms with E-state index in [4.69, 9.17) is 14.8 Å². The Morgan fingerprint density at radius 3 is 2.56 bits per heavy atom. The Bertz CT molecular complexity index is 3090. The molecule has 0 radical (unpaired) electrons. The molecule has 10 rings (SSSR count). The van der Waals surface area contributed by atoms with E-state index in [9.17, 15) is 24.3 Å². The standard InChI is InChI=1S/C55H58N8O6S/c1-34-38(39-20-22-48(57-51(39)54(67)68)63-30-26-37-12-7-14-40(43(37)33-63)52(65)59-55-56-44-15-3-4-17-47(44)70-55)13-8-16-46(34)69-31-9-11-35-24-28-62(29-25-35)27-6-5-10-36-18-19-41-45(32-36)61(2)60-50(41)42-21-23-49(64)58-53(42)66/h3-4,7-8,12-20,22,32,35,42H,5-6,9-11,21,23-31,33H2,1-2H3,(H,67,68)(H,56,59,65)(H,58,64,66). The summed E-state index contributed by atoms with van der Waals surface area (Å²) >= 11 is 1.44. The maximum Gasteiger partial charge on any atom is 0.355 e. The molecule has 0 bridgehead atoms. The van der Waals surface area contributed by atoms with Crippen LogP contribution in [0.3, 0.4) is 0 Å². The minimum Gasteiger partial charge on any atom is -0.493 e. The van der Waals surface area contributed by atoms with E-state index >= 15 is 0 Å². The summed E-state index contributed by atoms with van der Waals surface area (Å²) in [7, 11) is 1.92. The van der Waals surface area contributed by atoms with Crippen molar-refractivity contribution in [1.82, 2.24) is 30.0 Å². The number of thiazole rings is 1. The topological polar surface area (TPSA) is 172 Å². The van der Waals surface area contributed by atoms with Crippen LogP contribution >= 0.6 is 11.3 Å². The van der Waals surface area contributed by atoms with Crippen LogP contribution in [0.5, 0.6) is 5.75 Å². The van der Waals surface area contributed by atoms with Gasteiger partial charge in [0, 0.05) is 43.1 Å². The highest BCUT2D eigenvalue weighted by molar-refractivity contribution is 7.22. The normalized spacial score (nSPS) is 16.7. The number of unbranched alkanes of at least 4 members (excludes halogenated alkanes) is 1. The van der Waals surface area contributed by atoms with Gasteiger partial charge in [-0.2, -0.15) is 5.10 Å². The summed E-state index contributed by atoms with van der Waals surface area (Å²) in [5.74, 6) is -0.235. The number of rotatable bonds is 16. The van der Waals surface area contributed by atoms with Crippen molar-refractivity contribution in [3.8, 4) is 16.9 Å². The number of imide groups is 1. The molecule has 3 N–H and O–H groups in total. The van der Waals surface area contributed by atoms with Crippen molar-refractivity contribution in [2.45, 2.75) is 83.6 Å². The highest BCUT2D eigenvalue weighted by Gasteiger charge is 2.32. The Kier molecular flexibility index (Phi) is 13.7. The van der Waals surface area contributed by atoms with Crippen LogP contribution in [0.2, 0.25) is 0 Å². The Morgan fingerprint density at radius 2 is 1.73 bits per heavy atom. The number of benzene rings is 4. The minimum absolute atomic E-state index is 0.0251. The first-order valence-corrected chi connectivity index (χ1v) is 25.4. The lowest BCUT2D eigenvalue weighted by atomic mass is 9.92. The molecule has 14 nitrogen and oxygen atoms in total. The number of aryl methyl sites for hydroxylation is 2. The zero-order valence-electron chi connectivity index (χ0n) is 39.7. The average molecular weight is 959 g/mol. The molecule has 0 aliphatic carbocycles. The number of carboxylic acids is 1. The number of carboxylic acid groups (broad SMARTS) is 1. The highest BCUT2D eigenvalue weighted by Crippen LogP contribution is 2.36. The number of aromatic nitrogens is 4. The van der Waals surface area contributed by atoms with Crippen LogP contribution in [0, 0.1) is 12.8 Å². The van der Waals surface area contributed by atoms with Gasteiger partial charge in [-0.15, -0.1) is 0 Å². The van der Waals surface area contributed by atoms with Crippen molar-refractivity contribution >= 4 is 67.1 Å². The molecule has 2 saturated heterocycles. The van der Waals surface area contributed by atoms with Gasteiger partial charge in [0.1, 0.15) is 11.6 Å². The van der Waals surface area contributed by atoms with Crippen molar-refractivity contribution in [3.63, 3.8) is 0 Å². The predicted octanol–water partition coefficient (Wildman–Crippen LogP) is 9.48. The van der Waals surface area contributed by atoms with E-state index in [1.165, 1.54) is 29.7 Å². The monoisotopic (exact) mass is 958 g/mol. The molecule has 7 aromatic rings. The summed E-state index contributed by atoms with van der Waals surface area (Å²) in [6.45, 7) is 6.94. The molecule has 1 unspecified atom stereocenters. The molecule has 3 aliphatic rings. The number of para-hydroxylation sites is 1. The number of fused-ring (bicyclic) bond motifs is 3. The highest BCUT2D eigenvalue weighted by atomic mass is 32.1. The van der Waals surface area contributed by atoms with Gasteiger partial charge >= 0.3 is 5.97 Å². The van der Waals surface area contributed by atoms with Gasteiger partial charge in [-0.1, -0.05) is 59.9 Å². The Morgan fingerprint density at radius 1 is 0.886 bits per heavy atom. The minimum atomic E-state index is -1.11. The fourth-order valence-electron chi connectivity index (χ4n) is 10.6. The van der Waals surface area contributed by atoms with Crippen molar-refractivity contribution in [1.29, 1.82) is 0 Å². The molecule has 4 aromatic carbocycles.